The zero-order valence-electron chi connectivity index (χ0n) is 8.03. The summed E-state index contributed by atoms with van der Waals surface area (Å²) in [7, 11) is 0. The molecule has 1 aromatic rings. The molecule has 0 bridgehead atoms. The molecule has 1 heterocycles. The van der Waals surface area contributed by atoms with E-state index in [1.165, 1.54) is 29.1 Å². The van der Waals surface area contributed by atoms with Gasteiger partial charge in [0.2, 0.25) is 0 Å². The number of hydrogen-bond acceptors (Lipinski definition) is 2. The van der Waals surface area contributed by atoms with E-state index < -0.39 is 0 Å². The molecule has 0 atom stereocenters. The van der Waals surface area contributed by atoms with Crippen LogP contribution in [0.4, 0.5) is 0 Å². The summed E-state index contributed by atoms with van der Waals surface area (Å²) in [5.41, 5.74) is 1.41. The van der Waals surface area contributed by atoms with Crippen molar-refractivity contribution in [3.05, 3.63) is 43.0 Å². The Morgan fingerprint density at radius 1 is 1.43 bits per heavy atom. The van der Waals surface area contributed by atoms with Gasteiger partial charge in [0.15, 0.2) is 6.61 Å². The molecule has 1 aliphatic rings. The first-order valence-corrected chi connectivity index (χ1v) is 5.76. The minimum atomic E-state index is 0.965. The van der Waals surface area contributed by atoms with E-state index >= 15 is 0 Å². The van der Waals surface area contributed by atoms with Gasteiger partial charge >= 0.3 is 0 Å². The number of rotatable bonds is 3. The van der Waals surface area contributed by atoms with Crippen LogP contribution >= 0.6 is 11.8 Å². The van der Waals surface area contributed by atoms with Crippen LogP contribution in [0.3, 0.4) is 0 Å². The number of thioether (sulfide) groups is 1. The quantitative estimate of drug-likeness (QED) is 0.747. The summed E-state index contributed by atoms with van der Waals surface area (Å²) >= 11 is 1.89. The van der Waals surface area contributed by atoms with Crippen molar-refractivity contribution in [2.24, 2.45) is 0 Å². The molecular formula is C12H13OS. The smallest absolute Gasteiger partial charge is 0.157 e. The van der Waals surface area contributed by atoms with Gasteiger partial charge in [-0.25, -0.2) is 0 Å². The van der Waals surface area contributed by atoms with Crippen molar-refractivity contribution >= 4 is 11.8 Å². The van der Waals surface area contributed by atoms with Gasteiger partial charge in [-0.15, -0.1) is 11.8 Å². The second-order valence-electron chi connectivity index (χ2n) is 3.19. The molecule has 0 spiro atoms. The summed E-state index contributed by atoms with van der Waals surface area (Å²) in [6, 6.07) is 6.25. The largest absolute Gasteiger partial charge is 0.481 e. The molecule has 0 saturated carbocycles. The second-order valence-corrected chi connectivity index (χ2v) is 4.29. The molecule has 73 valence electrons. The van der Waals surface area contributed by atoms with Crippen LogP contribution in [0.5, 0.6) is 5.75 Å². The van der Waals surface area contributed by atoms with Crippen molar-refractivity contribution in [3.63, 3.8) is 0 Å². The first-order valence-electron chi connectivity index (χ1n) is 4.77. The van der Waals surface area contributed by atoms with Gasteiger partial charge in [-0.3, -0.25) is 0 Å². The van der Waals surface area contributed by atoms with Gasteiger partial charge in [-0.1, -0.05) is 18.7 Å². The summed E-state index contributed by atoms with van der Waals surface area (Å²) < 4.78 is 5.49. The van der Waals surface area contributed by atoms with E-state index in [-0.39, 0.29) is 0 Å². The Hall–Kier alpha value is -0.890. The number of ether oxygens (including phenoxy) is 1. The van der Waals surface area contributed by atoms with Crippen LogP contribution in [0, 0.1) is 6.61 Å². The first kappa shape index (κ1) is 9.66. The van der Waals surface area contributed by atoms with Gasteiger partial charge in [0.25, 0.3) is 0 Å². The predicted molar refractivity (Wildman–Crippen MR) is 60.6 cm³/mol. The molecule has 0 amide bonds. The molecule has 1 nitrogen and oxygen atoms in total. The van der Waals surface area contributed by atoms with Crippen LogP contribution < -0.4 is 4.74 Å². The van der Waals surface area contributed by atoms with E-state index in [0.29, 0.717) is 0 Å². The molecule has 0 aromatic heterocycles. The van der Waals surface area contributed by atoms with Crippen molar-refractivity contribution in [1.82, 2.24) is 0 Å². The van der Waals surface area contributed by atoms with E-state index in [1.54, 1.807) is 12.7 Å². The Morgan fingerprint density at radius 2 is 2.36 bits per heavy atom. The van der Waals surface area contributed by atoms with Crippen LogP contribution in [0.15, 0.2) is 35.7 Å². The highest BCUT2D eigenvalue weighted by molar-refractivity contribution is 7.99. The van der Waals surface area contributed by atoms with Gasteiger partial charge in [-0.05, 0) is 36.3 Å². The fourth-order valence-electron chi connectivity index (χ4n) is 1.57. The third-order valence-electron chi connectivity index (χ3n) is 2.19. The second kappa shape index (κ2) is 4.56. The molecular weight excluding hydrogens is 192 g/mol. The molecule has 1 aliphatic heterocycles. The van der Waals surface area contributed by atoms with Crippen molar-refractivity contribution < 1.29 is 4.74 Å². The van der Waals surface area contributed by atoms with Crippen molar-refractivity contribution in [2.75, 3.05) is 5.75 Å². The van der Waals surface area contributed by atoms with Crippen molar-refractivity contribution in [2.45, 2.75) is 17.7 Å². The zero-order chi connectivity index (χ0) is 9.80. The molecule has 0 saturated heterocycles. The van der Waals surface area contributed by atoms with E-state index in [4.69, 9.17) is 4.74 Å². The summed E-state index contributed by atoms with van der Waals surface area (Å²) in [5, 5.41) is 0. The minimum Gasteiger partial charge on any atom is -0.481 e. The van der Waals surface area contributed by atoms with Crippen LogP contribution in [0.25, 0.3) is 0 Å². The first-order chi connectivity index (χ1) is 6.92. The highest BCUT2D eigenvalue weighted by Gasteiger charge is 2.13. The molecule has 1 radical (unpaired) electrons. The monoisotopic (exact) mass is 205 g/mol. The van der Waals surface area contributed by atoms with Gasteiger partial charge in [0.1, 0.15) is 5.75 Å². The Labute approximate surface area is 89.2 Å². The summed E-state index contributed by atoms with van der Waals surface area (Å²) in [6.45, 7) is 5.23. The number of fused-ring (bicyclic) bond motifs is 1. The Bertz CT molecular complexity index is 333. The lowest BCUT2D eigenvalue weighted by molar-refractivity contribution is 0.422. The van der Waals surface area contributed by atoms with Crippen molar-refractivity contribution in [1.29, 1.82) is 0 Å². The standard InChI is InChI=1S/C12H13OS/c1-2-8-13-11-7-3-5-10-6-4-9-14-12(10)11/h2-3,5,7-8H,1,4,6,9H2. The minimum absolute atomic E-state index is 0.965. The lowest BCUT2D eigenvalue weighted by Gasteiger charge is -2.18. The van der Waals surface area contributed by atoms with E-state index in [0.717, 1.165) is 5.75 Å². The summed E-state index contributed by atoms with van der Waals surface area (Å²) in [4.78, 5) is 1.30. The van der Waals surface area contributed by atoms with E-state index in [9.17, 15) is 0 Å². The fraction of sp³-hybridized carbons (Fsp3) is 0.250. The Balaban J connectivity index is 2.25. The van der Waals surface area contributed by atoms with E-state index in [2.05, 4.69) is 18.7 Å². The molecule has 14 heavy (non-hydrogen) atoms. The normalized spacial score (nSPS) is 14.6. The SMILES string of the molecule is C=C[CH]Oc1cccc2c1SCCC2. The summed E-state index contributed by atoms with van der Waals surface area (Å²) in [6.07, 6.45) is 4.10. The summed E-state index contributed by atoms with van der Waals surface area (Å²) in [5.74, 6) is 2.16. The van der Waals surface area contributed by atoms with Gasteiger partial charge in [0.05, 0.1) is 4.90 Å². The van der Waals surface area contributed by atoms with Crippen LogP contribution in [0.2, 0.25) is 0 Å². The predicted octanol–water partition coefficient (Wildman–Crippen LogP) is 3.45. The fourth-order valence-corrected chi connectivity index (χ4v) is 2.68. The number of aryl methyl sites for hydroxylation is 1. The zero-order valence-corrected chi connectivity index (χ0v) is 8.85. The highest BCUT2D eigenvalue weighted by Crippen LogP contribution is 2.37. The van der Waals surface area contributed by atoms with Crippen LogP contribution in [-0.4, -0.2) is 5.75 Å². The van der Waals surface area contributed by atoms with Gasteiger partial charge in [-0.2, -0.15) is 0 Å². The third-order valence-corrected chi connectivity index (χ3v) is 3.43. The maximum absolute atomic E-state index is 5.49. The Kier molecular flexibility index (Phi) is 3.14. The highest BCUT2D eigenvalue weighted by atomic mass is 32.2. The van der Waals surface area contributed by atoms with E-state index in [1.807, 2.05) is 17.8 Å². The third kappa shape index (κ3) is 1.95. The number of hydrogen-bond donors (Lipinski definition) is 0. The lowest BCUT2D eigenvalue weighted by Crippen LogP contribution is -2.00. The lowest BCUT2D eigenvalue weighted by atomic mass is 10.1. The molecule has 0 fully saturated rings. The number of benzene rings is 1. The van der Waals surface area contributed by atoms with Crippen molar-refractivity contribution in [3.8, 4) is 5.75 Å². The molecule has 1 aromatic carbocycles. The molecule has 0 N–H and O–H groups in total. The maximum Gasteiger partial charge on any atom is 0.157 e. The average Bonchev–Trinajstić information content (AvgIpc) is 2.26. The maximum atomic E-state index is 5.49. The topological polar surface area (TPSA) is 9.23 Å². The Morgan fingerprint density at radius 3 is 3.21 bits per heavy atom. The van der Waals surface area contributed by atoms with Gasteiger partial charge < -0.3 is 4.74 Å². The van der Waals surface area contributed by atoms with Gasteiger partial charge in [0, 0.05) is 0 Å². The molecule has 2 heteroatoms. The molecule has 2 rings (SSSR count). The molecule has 0 aliphatic carbocycles. The molecule has 0 unspecified atom stereocenters. The average molecular weight is 205 g/mol. The van der Waals surface area contributed by atoms with Crippen LogP contribution in [-0.2, 0) is 6.42 Å². The van der Waals surface area contributed by atoms with Crippen LogP contribution in [0.1, 0.15) is 12.0 Å².